The molecule has 1 aliphatic rings. The Bertz CT molecular complexity index is 478. The van der Waals surface area contributed by atoms with Crippen molar-refractivity contribution in [2.45, 2.75) is 45.3 Å². The van der Waals surface area contributed by atoms with Crippen molar-refractivity contribution < 1.29 is 9.90 Å². The van der Waals surface area contributed by atoms with E-state index in [9.17, 15) is 9.90 Å². The first-order valence-electron chi connectivity index (χ1n) is 8.08. The molecular weight excluding hydrogens is 278 g/mol. The number of carbonyl (C=O) groups is 1. The lowest BCUT2D eigenvalue weighted by molar-refractivity contribution is 0.113. The number of hydrogen-bond donors (Lipinski definition) is 2. The summed E-state index contributed by atoms with van der Waals surface area (Å²) in [4.78, 5) is 18.2. The predicted octanol–water partition coefficient (Wildman–Crippen LogP) is 2.58. The monoisotopic (exact) mass is 305 g/mol. The van der Waals surface area contributed by atoms with Gasteiger partial charge in [-0.2, -0.15) is 0 Å². The smallest absolute Gasteiger partial charge is 0.317 e. The maximum atomic E-state index is 12.4. The van der Waals surface area contributed by atoms with Crippen LogP contribution in [0.4, 0.5) is 4.79 Å². The highest BCUT2D eigenvalue weighted by Crippen LogP contribution is 2.26. The van der Waals surface area contributed by atoms with E-state index in [0.29, 0.717) is 6.54 Å². The average molecular weight is 305 g/mol. The van der Waals surface area contributed by atoms with Gasteiger partial charge in [0.25, 0.3) is 0 Å². The first-order valence-corrected chi connectivity index (χ1v) is 8.08. The fourth-order valence-electron chi connectivity index (χ4n) is 3.11. The molecule has 0 aromatic carbocycles. The molecule has 5 nitrogen and oxygen atoms in total. The van der Waals surface area contributed by atoms with Crippen LogP contribution in [0.3, 0.4) is 0 Å². The van der Waals surface area contributed by atoms with Crippen molar-refractivity contribution in [1.82, 2.24) is 15.2 Å². The Balaban J connectivity index is 1.96. The van der Waals surface area contributed by atoms with Crippen LogP contribution in [0, 0.1) is 11.8 Å². The topological polar surface area (TPSA) is 65.5 Å². The molecule has 1 aromatic rings. The Morgan fingerprint density at radius 1 is 1.41 bits per heavy atom. The third-order valence-electron chi connectivity index (χ3n) is 4.48. The minimum Gasteiger partial charge on any atom is -0.393 e. The fraction of sp³-hybridized carbons (Fsp3) is 0.647. The van der Waals surface area contributed by atoms with Crippen molar-refractivity contribution in [2.24, 2.45) is 11.8 Å². The number of rotatable bonds is 5. The molecule has 2 N–H and O–H groups in total. The molecule has 0 aliphatic heterocycles. The van der Waals surface area contributed by atoms with Crippen LogP contribution in [0.25, 0.3) is 0 Å². The molecule has 2 rings (SSSR count). The molecule has 1 aliphatic carbocycles. The van der Waals surface area contributed by atoms with Crippen LogP contribution < -0.4 is 5.32 Å². The highest BCUT2D eigenvalue weighted by atomic mass is 16.3. The van der Waals surface area contributed by atoms with E-state index in [4.69, 9.17) is 0 Å². The maximum absolute atomic E-state index is 12.4. The zero-order valence-corrected chi connectivity index (χ0v) is 13.7. The summed E-state index contributed by atoms with van der Waals surface area (Å²) in [5.41, 5.74) is 1.06. The normalized spacial score (nSPS) is 22.6. The van der Waals surface area contributed by atoms with Crippen LogP contribution in [0.2, 0.25) is 0 Å². The Morgan fingerprint density at radius 3 is 2.64 bits per heavy atom. The molecule has 5 heteroatoms. The number of aliphatic hydroxyl groups excluding tert-OH is 1. The summed E-state index contributed by atoms with van der Waals surface area (Å²) < 4.78 is 0. The summed E-state index contributed by atoms with van der Waals surface area (Å²) in [6, 6.07) is 3.75. The lowest BCUT2D eigenvalue weighted by Gasteiger charge is -2.28. The van der Waals surface area contributed by atoms with Gasteiger partial charge in [0.2, 0.25) is 0 Å². The van der Waals surface area contributed by atoms with E-state index in [-0.39, 0.29) is 30.0 Å². The number of urea groups is 1. The van der Waals surface area contributed by atoms with E-state index in [2.05, 4.69) is 24.1 Å². The van der Waals surface area contributed by atoms with Crippen molar-refractivity contribution in [3.63, 3.8) is 0 Å². The Kier molecular flexibility index (Phi) is 5.77. The van der Waals surface area contributed by atoms with Crippen LogP contribution >= 0.6 is 0 Å². The standard InChI is InChI=1S/C17H27N3O2/c1-12(2)16(13-7-9-18-10-8-13)19-17(22)20(3)11-14-5-4-6-15(14)21/h7-10,12,14-16,21H,4-6,11H2,1-3H3,(H,19,22)/t14-,15+,16-/m0/s1. The summed E-state index contributed by atoms with van der Waals surface area (Å²) in [5, 5.41) is 13.0. The van der Waals surface area contributed by atoms with Gasteiger partial charge in [0.05, 0.1) is 12.1 Å². The molecule has 1 aromatic heterocycles. The van der Waals surface area contributed by atoms with Gasteiger partial charge in [-0.15, -0.1) is 0 Å². The molecule has 0 saturated heterocycles. The minimum atomic E-state index is -0.267. The van der Waals surface area contributed by atoms with E-state index in [1.54, 1.807) is 24.3 Å². The Labute approximate surface area is 132 Å². The zero-order valence-electron chi connectivity index (χ0n) is 13.7. The number of aromatic nitrogens is 1. The van der Waals surface area contributed by atoms with E-state index in [1.165, 1.54) is 0 Å². The third kappa shape index (κ3) is 4.19. The van der Waals surface area contributed by atoms with Gasteiger partial charge in [0, 0.05) is 31.9 Å². The minimum absolute atomic E-state index is 0.0357. The number of aliphatic hydroxyl groups is 1. The van der Waals surface area contributed by atoms with Crippen LogP contribution in [-0.2, 0) is 0 Å². The quantitative estimate of drug-likeness (QED) is 0.878. The first kappa shape index (κ1) is 16.7. The number of pyridine rings is 1. The molecule has 0 unspecified atom stereocenters. The van der Waals surface area contributed by atoms with Crippen molar-refractivity contribution >= 4 is 6.03 Å². The average Bonchev–Trinajstić information content (AvgIpc) is 2.90. The van der Waals surface area contributed by atoms with Crippen molar-refractivity contribution in [3.05, 3.63) is 30.1 Å². The summed E-state index contributed by atoms with van der Waals surface area (Å²) in [6.45, 7) is 4.78. The number of amides is 2. The molecule has 122 valence electrons. The number of nitrogens with one attached hydrogen (secondary N) is 1. The van der Waals surface area contributed by atoms with Gasteiger partial charge >= 0.3 is 6.03 Å². The Hall–Kier alpha value is -1.62. The van der Waals surface area contributed by atoms with Gasteiger partial charge in [-0.05, 0) is 36.5 Å². The van der Waals surface area contributed by atoms with E-state index in [0.717, 1.165) is 24.8 Å². The fourth-order valence-corrected chi connectivity index (χ4v) is 3.11. The Morgan fingerprint density at radius 2 is 2.09 bits per heavy atom. The summed E-state index contributed by atoms with van der Waals surface area (Å²) in [5.74, 6) is 0.492. The molecular formula is C17H27N3O2. The summed E-state index contributed by atoms with van der Waals surface area (Å²) in [6.07, 6.45) is 6.12. The highest BCUT2D eigenvalue weighted by molar-refractivity contribution is 5.74. The molecule has 0 radical (unpaired) electrons. The SMILES string of the molecule is CC(C)[C@H](NC(=O)N(C)C[C@@H]1CCC[C@H]1O)c1ccncc1. The summed E-state index contributed by atoms with van der Waals surface area (Å²) >= 11 is 0. The van der Waals surface area contributed by atoms with Gasteiger partial charge < -0.3 is 15.3 Å². The van der Waals surface area contributed by atoms with Crippen molar-refractivity contribution in [2.75, 3.05) is 13.6 Å². The second kappa shape index (κ2) is 7.58. The second-order valence-corrected chi connectivity index (χ2v) is 6.59. The molecule has 1 heterocycles. The highest BCUT2D eigenvalue weighted by Gasteiger charge is 2.28. The number of hydrogen-bond acceptors (Lipinski definition) is 3. The van der Waals surface area contributed by atoms with Gasteiger partial charge in [-0.1, -0.05) is 20.3 Å². The van der Waals surface area contributed by atoms with E-state index in [1.807, 2.05) is 12.1 Å². The number of carbonyl (C=O) groups excluding carboxylic acids is 1. The maximum Gasteiger partial charge on any atom is 0.317 e. The third-order valence-corrected chi connectivity index (χ3v) is 4.48. The van der Waals surface area contributed by atoms with Crippen molar-refractivity contribution in [3.8, 4) is 0 Å². The largest absolute Gasteiger partial charge is 0.393 e. The lowest BCUT2D eigenvalue weighted by Crippen LogP contribution is -2.43. The molecule has 3 atom stereocenters. The van der Waals surface area contributed by atoms with Gasteiger partial charge in [-0.25, -0.2) is 4.79 Å². The molecule has 2 amide bonds. The molecule has 0 bridgehead atoms. The molecule has 0 spiro atoms. The van der Waals surface area contributed by atoms with Gasteiger partial charge in [0.1, 0.15) is 0 Å². The van der Waals surface area contributed by atoms with E-state index < -0.39 is 0 Å². The van der Waals surface area contributed by atoms with Crippen molar-refractivity contribution in [1.29, 1.82) is 0 Å². The van der Waals surface area contributed by atoms with Crippen LogP contribution in [0.15, 0.2) is 24.5 Å². The predicted molar refractivity (Wildman–Crippen MR) is 86.3 cm³/mol. The van der Waals surface area contributed by atoms with Crippen LogP contribution in [0.1, 0.15) is 44.7 Å². The zero-order chi connectivity index (χ0) is 16.1. The lowest BCUT2D eigenvalue weighted by atomic mass is 9.97. The van der Waals surface area contributed by atoms with E-state index >= 15 is 0 Å². The second-order valence-electron chi connectivity index (χ2n) is 6.59. The molecule has 1 fully saturated rings. The number of nitrogens with zero attached hydrogens (tertiary/aromatic N) is 2. The first-order chi connectivity index (χ1) is 10.5. The summed E-state index contributed by atoms with van der Waals surface area (Å²) in [7, 11) is 1.80. The van der Waals surface area contributed by atoms with Gasteiger partial charge in [-0.3, -0.25) is 4.98 Å². The van der Waals surface area contributed by atoms with Crippen LogP contribution in [-0.4, -0.2) is 40.7 Å². The molecule has 22 heavy (non-hydrogen) atoms. The molecule has 1 saturated carbocycles. The van der Waals surface area contributed by atoms with Crippen LogP contribution in [0.5, 0.6) is 0 Å². The van der Waals surface area contributed by atoms with Gasteiger partial charge in [0.15, 0.2) is 0 Å².